The number of fused-ring (bicyclic) bond motifs is 1. The summed E-state index contributed by atoms with van der Waals surface area (Å²) in [6.07, 6.45) is 0. The van der Waals surface area contributed by atoms with Gasteiger partial charge in [0, 0.05) is 13.1 Å². The van der Waals surface area contributed by atoms with Crippen molar-refractivity contribution in [2.24, 2.45) is 0 Å². The lowest BCUT2D eigenvalue weighted by molar-refractivity contribution is 0.497. The molecule has 0 atom stereocenters. The highest BCUT2D eigenvalue weighted by molar-refractivity contribution is 5.14. The summed E-state index contributed by atoms with van der Waals surface area (Å²) in [5, 5.41) is 7.56. The highest BCUT2D eigenvalue weighted by atomic mass is 16.2. The quantitative estimate of drug-likeness (QED) is 0.801. The van der Waals surface area contributed by atoms with Gasteiger partial charge in [-0.1, -0.05) is 30.3 Å². The van der Waals surface area contributed by atoms with Gasteiger partial charge < -0.3 is 5.32 Å². The standard InChI is InChI=1S/C12H14N4O/c17-12-15-7-6-13-8-11(15)14-16(12)9-10-4-2-1-3-5-10/h1-5,13H,6-9H2. The van der Waals surface area contributed by atoms with Crippen molar-refractivity contribution in [2.75, 3.05) is 6.54 Å². The Morgan fingerprint density at radius 3 is 2.88 bits per heavy atom. The van der Waals surface area contributed by atoms with Gasteiger partial charge in [-0.05, 0) is 5.56 Å². The zero-order chi connectivity index (χ0) is 11.7. The van der Waals surface area contributed by atoms with Crippen LogP contribution in [0, 0.1) is 0 Å². The van der Waals surface area contributed by atoms with E-state index in [2.05, 4.69) is 10.4 Å². The van der Waals surface area contributed by atoms with E-state index < -0.39 is 0 Å². The van der Waals surface area contributed by atoms with Crippen molar-refractivity contribution in [3.8, 4) is 0 Å². The summed E-state index contributed by atoms with van der Waals surface area (Å²) >= 11 is 0. The summed E-state index contributed by atoms with van der Waals surface area (Å²) in [6, 6.07) is 9.91. The molecule has 0 bridgehead atoms. The molecule has 0 amide bonds. The van der Waals surface area contributed by atoms with Crippen LogP contribution in [-0.2, 0) is 19.6 Å². The van der Waals surface area contributed by atoms with Crippen LogP contribution in [0.5, 0.6) is 0 Å². The molecular formula is C12H14N4O. The minimum Gasteiger partial charge on any atom is -0.308 e. The van der Waals surface area contributed by atoms with Crippen LogP contribution < -0.4 is 11.0 Å². The number of rotatable bonds is 2. The molecular weight excluding hydrogens is 216 g/mol. The highest BCUT2D eigenvalue weighted by Crippen LogP contribution is 2.02. The normalized spacial score (nSPS) is 14.6. The molecule has 2 heterocycles. The van der Waals surface area contributed by atoms with Crippen LogP contribution in [0.4, 0.5) is 0 Å². The smallest absolute Gasteiger partial charge is 0.308 e. The fourth-order valence-electron chi connectivity index (χ4n) is 2.09. The maximum Gasteiger partial charge on any atom is 0.346 e. The Bertz CT molecular complexity index is 570. The largest absolute Gasteiger partial charge is 0.346 e. The van der Waals surface area contributed by atoms with Gasteiger partial charge in [0.15, 0.2) is 0 Å². The molecule has 0 unspecified atom stereocenters. The molecule has 0 saturated heterocycles. The van der Waals surface area contributed by atoms with Gasteiger partial charge in [0.05, 0.1) is 13.1 Å². The Morgan fingerprint density at radius 2 is 2.12 bits per heavy atom. The van der Waals surface area contributed by atoms with Crippen LogP contribution in [0.15, 0.2) is 35.1 Å². The minimum absolute atomic E-state index is 0.00893. The molecule has 0 saturated carbocycles. The molecule has 5 heteroatoms. The first-order valence-corrected chi connectivity index (χ1v) is 5.76. The van der Waals surface area contributed by atoms with Crippen molar-refractivity contribution in [2.45, 2.75) is 19.6 Å². The van der Waals surface area contributed by atoms with Crippen LogP contribution in [0.3, 0.4) is 0 Å². The molecule has 1 aliphatic rings. The topological polar surface area (TPSA) is 51.9 Å². The number of benzene rings is 1. The van der Waals surface area contributed by atoms with Crippen LogP contribution in [0.2, 0.25) is 0 Å². The summed E-state index contributed by atoms with van der Waals surface area (Å²) < 4.78 is 3.29. The van der Waals surface area contributed by atoms with Gasteiger partial charge in [-0.3, -0.25) is 4.57 Å². The summed E-state index contributed by atoms with van der Waals surface area (Å²) in [5.74, 6) is 0.831. The van der Waals surface area contributed by atoms with E-state index in [9.17, 15) is 4.79 Å². The lowest BCUT2D eigenvalue weighted by Gasteiger charge is -2.11. The lowest BCUT2D eigenvalue weighted by atomic mass is 10.2. The van der Waals surface area contributed by atoms with Gasteiger partial charge in [0.1, 0.15) is 5.82 Å². The average molecular weight is 230 g/mol. The van der Waals surface area contributed by atoms with Gasteiger partial charge in [-0.2, -0.15) is 5.10 Å². The van der Waals surface area contributed by atoms with Gasteiger partial charge in [0.2, 0.25) is 0 Å². The Labute approximate surface area is 98.7 Å². The van der Waals surface area contributed by atoms with Crippen molar-refractivity contribution in [3.63, 3.8) is 0 Å². The molecule has 1 aromatic carbocycles. The van der Waals surface area contributed by atoms with E-state index in [1.54, 1.807) is 4.57 Å². The number of nitrogens with one attached hydrogen (secondary N) is 1. The molecule has 1 N–H and O–H groups in total. The van der Waals surface area contributed by atoms with Gasteiger partial charge >= 0.3 is 5.69 Å². The molecule has 5 nitrogen and oxygen atoms in total. The van der Waals surface area contributed by atoms with E-state index in [-0.39, 0.29) is 5.69 Å². The Balaban J connectivity index is 1.94. The number of nitrogens with zero attached hydrogens (tertiary/aromatic N) is 3. The third-order valence-electron chi connectivity index (χ3n) is 2.97. The molecule has 17 heavy (non-hydrogen) atoms. The lowest BCUT2D eigenvalue weighted by Crippen LogP contribution is -2.34. The SMILES string of the molecule is O=c1n(Cc2ccccc2)nc2n1CCNC2. The van der Waals surface area contributed by atoms with Crippen molar-refractivity contribution in [3.05, 3.63) is 52.2 Å². The molecule has 0 spiro atoms. The van der Waals surface area contributed by atoms with E-state index in [1.807, 2.05) is 30.3 Å². The molecule has 88 valence electrons. The van der Waals surface area contributed by atoms with E-state index in [0.29, 0.717) is 19.6 Å². The first-order valence-electron chi connectivity index (χ1n) is 5.76. The molecule has 0 fully saturated rings. The minimum atomic E-state index is -0.00893. The second-order valence-electron chi connectivity index (χ2n) is 4.17. The van der Waals surface area contributed by atoms with Gasteiger partial charge in [-0.25, -0.2) is 9.48 Å². The molecule has 1 aliphatic heterocycles. The van der Waals surface area contributed by atoms with Crippen molar-refractivity contribution >= 4 is 0 Å². The molecule has 0 aliphatic carbocycles. The van der Waals surface area contributed by atoms with Gasteiger partial charge in [-0.15, -0.1) is 0 Å². The summed E-state index contributed by atoms with van der Waals surface area (Å²) in [7, 11) is 0. The first-order chi connectivity index (χ1) is 8.34. The number of aromatic nitrogens is 3. The predicted octanol–water partition coefficient (Wildman–Crippen LogP) is 0.196. The van der Waals surface area contributed by atoms with E-state index in [4.69, 9.17) is 0 Å². The van der Waals surface area contributed by atoms with Crippen molar-refractivity contribution in [1.82, 2.24) is 19.7 Å². The van der Waals surface area contributed by atoms with Gasteiger partial charge in [0.25, 0.3) is 0 Å². The maximum atomic E-state index is 12.1. The van der Waals surface area contributed by atoms with Crippen LogP contribution in [-0.4, -0.2) is 20.9 Å². The summed E-state index contributed by atoms with van der Waals surface area (Å²) in [6.45, 7) is 2.77. The van der Waals surface area contributed by atoms with Crippen LogP contribution >= 0.6 is 0 Å². The van der Waals surface area contributed by atoms with Crippen LogP contribution in [0.25, 0.3) is 0 Å². The monoisotopic (exact) mass is 230 g/mol. The van der Waals surface area contributed by atoms with Crippen molar-refractivity contribution < 1.29 is 0 Å². The third kappa shape index (κ3) is 1.89. The van der Waals surface area contributed by atoms with E-state index in [0.717, 1.165) is 17.9 Å². The zero-order valence-electron chi connectivity index (χ0n) is 9.47. The Morgan fingerprint density at radius 1 is 1.29 bits per heavy atom. The average Bonchev–Trinajstić information content (AvgIpc) is 2.68. The molecule has 2 aromatic rings. The highest BCUT2D eigenvalue weighted by Gasteiger charge is 2.15. The van der Waals surface area contributed by atoms with E-state index in [1.165, 1.54) is 4.68 Å². The number of hydrogen-bond acceptors (Lipinski definition) is 3. The third-order valence-corrected chi connectivity index (χ3v) is 2.97. The second-order valence-corrected chi connectivity index (χ2v) is 4.17. The van der Waals surface area contributed by atoms with Crippen molar-refractivity contribution in [1.29, 1.82) is 0 Å². The first kappa shape index (κ1) is 10.3. The van der Waals surface area contributed by atoms with E-state index >= 15 is 0 Å². The molecule has 3 rings (SSSR count). The Hall–Kier alpha value is -1.88. The molecule has 0 radical (unpaired) electrons. The second kappa shape index (κ2) is 4.18. The predicted molar refractivity (Wildman–Crippen MR) is 63.7 cm³/mol. The fourth-order valence-corrected chi connectivity index (χ4v) is 2.09. The maximum absolute atomic E-state index is 12.1. The molecule has 1 aromatic heterocycles. The zero-order valence-corrected chi connectivity index (χ0v) is 9.47. The number of hydrogen-bond donors (Lipinski definition) is 1. The summed E-state index contributed by atoms with van der Waals surface area (Å²) in [4.78, 5) is 12.1. The van der Waals surface area contributed by atoms with Crippen LogP contribution in [0.1, 0.15) is 11.4 Å². The fraction of sp³-hybridized carbons (Fsp3) is 0.333. The summed E-state index contributed by atoms with van der Waals surface area (Å²) in [5.41, 5.74) is 1.09. The Kier molecular flexibility index (Phi) is 2.53.